The summed E-state index contributed by atoms with van der Waals surface area (Å²) in [7, 11) is -8.94. The van der Waals surface area contributed by atoms with Gasteiger partial charge in [0.1, 0.15) is 5.92 Å². The van der Waals surface area contributed by atoms with Gasteiger partial charge in [-0.1, -0.05) is 36.5 Å². The van der Waals surface area contributed by atoms with Crippen LogP contribution in [-0.2, 0) is 48.9 Å². The minimum atomic E-state index is -4.47. The van der Waals surface area contributed by atoms with Crippen molar-refractivity contribution in [3.05, 3.63) is 96.6 Å². The number of carbonyl (C=O) groups is 4. The predicted molar refractivity (Wildman–Crippen MR) is 175 cm³/mol. The van der Waals surface area contributed by atoms with Gasteiger partial charge in [-0.05, 0) is 68.5 Å². The number of allylic oxidation sites excluding steroid dienone is 6. The topological polar surface area (TPSA) is 227 Å². The van der Waals surface area contributed by atoms with Gasteiger partial charge in [0.05, 0.1) is 40.0 Å². The molecule has 2 aliphatic rings. The van der Waals surface area contributed by atoms with Gasteiger partial charge in [0.15, 0.2) is 11.4 Å². The Morgan fingerprint density at radius 3 is 1.76 bits per heavy atom. The van der Waals surface area contributed by atoms with Crippen LogP contribution in [0.5, 0.6) is 0 Å². The second-order valence-corrected chi connectivity index (χ2v) is 12.6. The molecule has 0 aliphatic carbocycles. The number of hydrogen-bond acceptors (Lipinski definition) is 12. The monoisotopic (exact) mass is 712 g/mol. The van der Waals surface area contributed by atoms with Gasteiger partial charge in [-0.3, -0.25) is 18.7 Å². The number of nitrogens with zero attached hydrogens (tertiary/aromatic N) is 4. The van der Waals surface area contributed by atoms with Crippen LogP contribution >= 0.6 is 0 Å². The summed E-state index contributed by atoms with van der Waals surface area (Å²) in [5, 5.41) is 9.93. The number of hydrazone groups is 2. The Balaban J connectivity index is 1.50. The molecule has 2 heterocycles. The summed E-state index contributed by atoms with van der Waals surface area (Å²) in [5.41, 5.74) is -0.353. The minimum Gasteiger partial charge on any atom is -0.461 e. The first kappa shape index (κ1) is 36.3. The second-order valence-electron chi connectivity index (χ2n) is 9.79. The van der Waals surface area contributed by atoms with Crippen LogP contribution in [0.3, 0.4) is 0 Å². The van der Waals surface area contributed by atoms with Crippen LogP contribution in [0.1, 0.15) is 13.8 Å². The molecule has 4 rings (SSSR count). The van der Waals surface area contributed by atoms with E-state index in [1.54, 1.807) is 13.8 Å². The van der Waals surface area contributed by atoms with Crippen molar-refractivity contribution in [3.63, 3.8) is 0 Å². The lowest BCUT2D eigenvalue weighted by molar-refractivity contribution is -0.136. The molecule has 0 saturated carbocycles. The molecule has 0 aromatic heterocycles. The maximum atomic E-state index is 13.2. The summed E-state index contributed by atoms with van der Waals surface area (Å²) < 4.78 is 73.9. The number of amides is 2. The molecular weight excluding hydrogens is 684 g/mol. The van der Waals surface area contributed by atoms with Crippen LogP contribution < -0.4 is 10.0 Å². The van der Waals surface area contributed by atoms with E-state index in [-0.39, 0.29) is 41.6 Å². The quantitative estimate of drug-likeness (QED) is 0.140. The van der Waals surface area contributed by atoms with E-state index in [9.17, 15) is 45.1 Å². The lowest BCUT2D eigenvalue weighted by Gasteiger charge is -2.13. The molecule has 256 valence electrons. The summed E-state index contributed by atoms with van der Waals surface area (Å²) in [6, 6.07) is 9.23. The van der Waals surface area contributed by atoms with Gasteiger partial charge < -0.3 is 9.47 Å². The standard InChI is InChI=1S/C31H28N4O12S2/c1-3-46-30(38)26-24(28(36)34(32-26)20-12-16-22(17-13-20)48(40,41)42)10-8-6-5-7-9-11-25-27(31(39)47-4-2)33-35(29(25)37)21-14-18-23(19-15-21)49(43,44)45/h5-19,24H,3-4H2,1-2H3,(H,40,41,42)(H,43,44,45)/b6-5+,9-7+,10-8+,25-11-. The molecule has 2 N–H and O–H groups in total. The Morgan fingerprint density at radius 1 is 0.735 bits per heavy atom. The molecule has 0 spiro atoms. The van der Waals surface area contributed by atoms with Gasteiger partial charge in [0.2, 0.25) is 0 Å². The third-order valence-electron chi connectivity index (χ3n) is 6.58. The van der Waals surface area contributed by atoms with E-state index in [1.165, 1.54) is 66.8 Å². The molecule has 2 amide bonds. The molecule has 0 saturated heterocycles. The zero-order valence-corrected chi connectivity index (χ0v) is 27.4. The Kier molecular flexibility index (Phi) is 11.2. The highest BCUT2D eigenvalue weighted by atomic mass is 32.2. The van der Waals surface area contributed by atoms with E-state index in [1.807, 2.05) is 0 Å². The number of benzene rings is 2. The van der Waals surface area contributed by atoms with Gasteiger partial charge in [0.25, 0.3) is 32.1 Å². The van der Waals surface area contributed by atoms with Gasteiger partial charge >= 0.3 is 11.9 Å². The van der Waals surface area contributed by atoms with Crippen molar-refractivity contribution in [2.24, 2.45) is 16.1 Å². The highest BCUT2D eigenvalue weighted by molar-refractivity contribution is 7.86. The van der Waals surface area contributed by atoms with E-state index in [0.29, 0.717) is 0 Å². The van der Waals surface area contributed by atoms with Gasteiger partial charge in [-0.25, -0.2) is 9.59 Å². The molecule has 2 aliphatic heterocycles. The second kappa shape index (κ2) is 15.1. The van der Waals surface area contributed by atoms with Gasteiger partial charge in [0, 0.05) is 0 Å². The van der Waals surface area contributed by atoms with Gasteiger partial charge in [-0.2, -0.15) is 37.1 Å². The molecule has 2 aromatic rings. The molecule has 0 bridgehead atoms. The zero-order valence-electron chi connectivity index (χ0n) is 25.7. The molecule has 0 radical (unpaired) electrons. The Bertz CT molecular complexity index is 2060. The molecule has 18 heteroatoms. The summed E-state index contributed by atoms with van der Waals surface area (Å²) in [5.74, 6) is -4.18. The third kappa shape index (κ3) is 8.49. The summed E-state index contributed by atoms with van der Waals surface area (Å²) in [4.78, 5) is 50.6. The largest absolute Gasteiger partial charge is 0.461 e. The summed E-state index contributed by atoms with van der Waals surface area (Å²) in [6.07, 6.45) is 10.1. The Morgan fingerprint density at radius 2 is 1.22 bits per heavy atom. The highest BCUT2D eigenvalue weighted by Crippen LogP contribution is 2.28. The summed E-state index contributed by atoms with van der Waals surface area (Å²) in [6.45, 7) is 3.19. The van der Waals surface area contributed by atoms with E-state index >= 15 is 0 Å². The van der Waals surface area contributed by atoms with Crippen molar-refractivity contribution >= 4 is 66.8 Å². The van der Waals surface area contributed by atoms with Crippen molar-refractivity contribution in [2.75, 3.05) is 23.2 Å². The fraction of sp³-hybridized carbons (Fsp3) is 0.161. The maximum Gasteiger partial charge on any atom is 0.359 e. The van der Waals surface area contributed by atoms with Crippen molar-refractivity contribution in [1.29, 1.82) is 0 Å². The number of anilines is 2. The molecule has 49 heavy (non-hydrogen) atoms. The Hall–Kier alpha value is -5.56. The fourth-order valence-corrected chi connectivity index (χ4v) is 5.29. The molecule has 0 fully saturated rings. The fourth-order valence-electron chi connectivity index (χ4n) is 4.33. The van der Waals surface area contributed by atoms with Crippen LogP contribution in [-0.4, -0.2) is 74.3 Å². The maximum absolute atomic E-state index is 13.2. The molecular formula is C31H28N4O12S2. The molecule has 2 aromatic carbocycles. The van der Waals surface area contributed by atoms with E-state index in [4.69, 9.17) is 9.47 Å². The zero-order chi connectivity index (χ0) is 35.9. The van der Waals surface area contributed by atoms with Crippen LogP contribution in [0.4, 0.5) is 11.4 Å². The van der Waals surface area contributed by atoms with Crippen LogP contribution in [0, 0.1) is 5.92 Å². The minimum absolute atomic E-state index is 0.0114. The molecule has 1 atom stereocenters. The lowest BCUT2D eigenvalue weighted by Crippen LogP contribution is -2.29. The predicted octanol–water partition coefficient (Wildman–Crippen LogP) is 2.62. The van der Waals surface area contributed by atoms with Crippen molar-refractivity contribution < 1.29 is 54.6 Å². The number of hydrogen-bond donors (Lipinski definition) is 2. The average molecular weight is 713 g/mol. The molecule has 1 unspecified atom stereocenters. The van der Waals surface area contributed by atoms with E-state index < -0.39 is 59.7 Å². The smallest absolute Gasteiger partial charge is 0.359 e. The van der Waals surface area contributed by atoms with E-state index in [0.717, 1.165) is 34.3 Å². The SMILES string of the molecule is CCOC(=O)C1=NN(c2ccc(S(=O)(=O)O)cc2)C(=O)\C1=C/C=C/C=C/C=C/C1C(=O)N(c2ccc(S(=O)(=O)O)cc2)N=C1C(=O)OCC. The molecule has 16 nitrogen and oxygen atoms in total. The lowest BCUT2D eigenvalue weighted by atomic mass is 10.0. The third-order valence-corrected chi connectivity index (χ3v) is 8.31. The van der Waals surface area contributed by atoms with E-state index in [2.05, 4.69) is 10.2 Å². The van der Waals surface area contributed by atoms with Crippen LogP contribution in [0.25, 0.3) is 0 Å². The first-order chi connectivity index (χ1) is 23.2. The van der Waals surface area contributed by atoms with Crippen molar-refractivity contribution in [1.82, 2.24) is 0 Å². The normalized spacial score (nSPS) is 17.9. The van der Waals surface area contributed by atoms with Crippen LogP contribution in [0.2, 0.25) is 0 Å². The first-order valence-corrected chi connectivity index (χ1v) is 17.1. The summed E-state index contributed by atoms with van der Waals surface area (Å²) >= 11 is 0. The highest BCUT2D eigenvalue weighted by Gasteiger charge is 2.39. The van der Waals surface area contributed by atoms with Crippen molar-refractivity contribution in [3.8, 4) is 0 Å². The first-order valence-electron chi connectivity index (χ1n) is 14.2. The van der Waals surface area contributed by atoms with Crippen LogP contribution in [0.15, 0.2) is 117 Å². The van der Waals surface area contributed by atoms with Crippen molar-refractivity contribution in [2.45, 2.75) is 23.6 Å². The number of rotatable bonds is 12. The average Bonchev–Trinajstić information content (AvgIpc) is 3.56. The number of ether oxygens (including phenoxy) is 2. The number of carbonyl (C=O) groups excluding carboxylic acids is 4. The number of esters is 2. The Labute approximate surface area is 280 Å². The van der Waals surface area contributed by atoms with Gasteiger partial charge in [-0.15, -0.1) is 0 Å².